The summed E-state index contributed by atoms with van der Waals surface area (Å²) in [5.41, 5.74) is 3.22. The molecule has 0 amide bonds. The van der Waals surface area contributed by atoms with E-state index in [1.54, 1.807) is 16.7 Å². The number of imidazole rings is 1. The van der Waals surface area contributed by atoms with Gasteiger partial charge in [-0.1, -0.05) is 36.4 Å². The van der Waals surface area contributed by atoms with Crippen LogP contribution in [0.3, 0.4) is 0 Å². The second-order valence-corrected chi connectivity index (χ2v) is 4.92. The van der Waals surface area contributed by atoms with Gasteiger partial charge in [-0.25, -0.2) is 4.79 Å². The second kappa shape index (κ2) is 5.28. The van der Waals surface area contributed by atoms with Gasteiger partial charge >= 0.3 is 11.7 Å². The monoisotopic (exact) mass is 282 g/mol. The molecule has 21 heavy (non-hydrogen) atoms. The lowest BCUT2D eigenvalue weighted by Crippen LogP contribution is -2.17. The number of carboxylic acid groups (broad SMARTS) is 1. The van der Waals surface area contributed by atoms with Crippen molar-refractivity contribution in [2.24, 2.45) is 0 Å². The van der Waals surface area contributed by atoms with Crippen LogP contribution in [0.5, 0.6) is 0 Å². The van der Waals surface area contributed by atoms with E-state index in [1.807, 2.05) is 36.4 Å². The lowest BCUT2D eigenvalue weighted by Gasteiger charge is -2.05. The van der Waals surface area contributed by atoms with Crippen molar-refractivity contribution >= 4 is 17.0 Å². The van der Waals surface area contributed by atoms with Crippen molar-refractivity contribution in [3.8, 4) is 0 Å². The largest absolute Gasteiger partial charge is 0.481 e. The summed E-state index contributed by atoms with van der Waals surface area (Å²) >= 11 is 0. The molecule has 3 rings (SSSR count). The van der Waals surface area contributed by atoms with E-state index in [1.165, 1.54) is 0 Å². The molecule has 3 aromatic rings. The minimum Gasteiger partial charge on any atom is -0.481 e. The summed E-state index contributed by atoms with van der Waals surface area (Å²) in [6.45, 7) is 0.455. The van der Waals surface area contributed by atoms with Gasteiger partial charge in [0, 0.05) is 0 Å². The van der Waals surface area contributed by atoms with Crippen LogP contribution in [0.1, 0.15) is 11.1 Å². The molecule has 5 heteroatoms. The van der Waals surface area contributed by atoms with Crippen LogP contribution in [0.15, 0.2) is 53.3 Å². The van der Waals surface area contributed by atoms with E-state index in [4.69, 9.17) is 5.11 Å². The summed E-state index contributed by atoms with van der Waals surface area (Å²) in [6.07, 6.45) is 0.00726. The number of aromatic nitrogens is 2. The standard InChI is InChI=1S/C16H14N2O3/c19-15(20)9-11-5-7-12(8-6-11)10-18-14-4-2-1-3-13(14)17-16(18)21/h1-8H,9-10H2,(H,17,21)(H,19,20). The van der Waals surface area contributed by atoms with Gasteiger partial charge in [-0.15, -0.1) is 0 Å². The molecule has 0 fully saturated rings. The quantitative estimate of drug-likeness (QED) is 0.768. The Kier molecular flexibility index (Phi) is 3.31. The van der Waals surface area contributed by atoms with E-state index in [-0.39, 0.29) is 12.1 Å². The molecule has 0 unspecified atom stereocenters. The summed E-state index contributed by atoms with van der Waals surface area (Å²) < 4.78 is 1.67. The molecule has 106 valence electrons. The number of para-hydroxylation sites is 2. The number of nitrogens with one attached hydrogen (secondary N) is 1. The first-order valence-electron chi connectivity index (χ1n) is 6.60. The van der Waals surface area contributed by atoms with E-state index < -0.39 is 5.97 Å². The molecule has 5 nitrogen and oxygen atoms in total. The van der Waals surface area contributed by atoms with Gasteiger partial charge in [0.25, 0.3) is 0 Å². The molecule has 0 spiro atoms. The van der Waals surface area contributed by atoms with Gasteiger partial charge < -0.3 is 10.1 Å². The van der Waals surface area contributed by atoms with Gasteiger partial charge in [-0.3, -0.25) is 9.36 Å². The van der Waals surface area contributed by atoms with Crippen LogP contribution < -0.4 is 5.69 Å². The molecule has 0 aliphatic carbocycles. The lowest BCUT2D eigenvalue weighted by atomic mass is 10.1. The van der Waals surface area contributed by atoms with E-state index in [2.05, 4.69) is 4.98 Å². The van der Waals surface area contributed by atoms with Crippen molar-refractivity contribution in [1.82, 2.24) is 9.55 Å². The molecule has 0 radical (unpaired) electrons. The normalized spacial score (nSPS) is 10.9. The molecule has 0 atom stereocenters. The minimum atomic E-state index is -0.851. The average Bonchev–Trinajstić information content (AvgIpc) is 2.77. The van der Waals surface area contributed by atoms with Crippen molar-refractivity contribution < 1.29 is 9.90 Å². The van der Waals surface area contributed by atoms with Gasteiger partial charge in [-0.2, -0.15) is 0 Å². The zero-order chi connectivity index (χ0) is 14.8. The number of H-pyrrole nitrogens is 1. The molecule has 0 aliphatic rings. The lowest BCUT2D eigenvalue weighted by molar-refractivity contribution is -0.136. The third-order valence-corrected chi connectivity index (χ3v) is 3.40. The number of carbonyl (C=O) groups is 1. The highest BCUT2D eigenvalue weighted by Gasteiger charge is 2.07. The Bertz CT molecular complexity index is 844. The third kappa shape index (κ3) is 2.72. The van der Waals surface area contributed by atoms with E-state index in [0.29, 0.717) is 6.54 Å². The van der Waals surface area contributed by atoms with Crippen LogP contribution in [0, 0.1) is 0 Å². The summed E-state index contributed by atoms with van der Waals surface area (Å²) in [7, 11) is 0. The second-order valence-electron chi connectivity index (χ2n) is 4.92. The Morgan fingerprint density at radius 3 is 2.43 bits per heavy atom. The maximum Gasteiger partial charge on any atom is 0.326 e. The number of fused-ring (bicyclic) bond motifs is 1. The number of aliphatic carboxylic acids is 1. The number of aromatic amines is 1. The Morgan fingerprint density at radius 1 is 1.05 bits per heavy atom. The summed E-state index contributed by atoms with van der Waals surface area (Å²) in [6, 6.07) is 14.8. The van der Waals surface area contributed by atoms with Crippen LogP contribution in [-0.4, -0.2) is 20.6 Å². The Hall–Kier alpha value is -2.82. The van der Waals surface area contributed by atoms with Crippen LogP contribution in [0.4, 0.5) is 0 Å². The highest BCUT2D eigenvalue weighted by molar-refractivity contribution is 5.75. The molecule has 0 aliphatic heterocycles. The molecular formula is C16H14N2O3. The predicted octanol–water partition coefficient (Wildman–Crippen LogP) is 2.00. The van der Waals surface area contributed by atoms with Gasteiger partial charge in [0.05, 0.1) is 24.0 Å². The average molecular weight is 282 g/mol. The van der Waals surface area contributed by atoms with Crippen molar-refractivity contribution in [1.29, 1.82) is 0 Å². The Morgan fingerprint density at radius 2 is 1.71 bits per heavy atom. The van der Waals surface area contributed by atoms with Crippen molar-refractivity contribution in [2.45, 2.75) is 13.0 Å². The van der Waals surface area contributed by atoms with Crippen molar-refractivity contribution in [3.05, 3.63) is 70.1 Å². The van der Waals surface area contributed by atoms with Gasteiger partial charge in [0.2, 0.25) is 0 Å². The number of nitrogens with zero attached hydrogens (tertiary/aromatic N) is 1. The molecule has 2 N–H and O–H groups in total. The fourth-order valence-corrected chi connectivity index (χ4v) is 2.38. The first-order valence-corrected chi connectivity index (χ1v) is 6.60. The number of rotatable bonds is 4. The Labute approximate surface area is 120 Å². The van der Waals surface area contributed by atoms with Crippen LogP contribution in [0.2, 0.25) is 0 Å². The van der Waals surface area contributed by atoms with Gasteiger partial charge in [0.1, 0.15) is 0 Å². The highest BCUT2D eigenvalue weighted by atomic mass is 16.4. The molecule has 0 saturated heterocycles. The predicted molar refractivity (Wildman–Crippen MR) is 79.4 cm³/mol. The zero-order valence-electron chi connectivity index (χ0n) is 11.2. The van der Waals surface area contributed by atoms with E-state index >= 15 is 0 Å². The third-order valence-electron chi connectivity index (χ3n) is 3.40. The summed E-state index contributed by atoms with van der Waals surface area (Å²) in [5, 5.41) is 8.75. The number of hydrogen-bond donors (Lipinski definition) is 2. The van der Waals surface area contributed by atoms with Crippen LogP contribution in [0.25, 0.3) is 11.0 Å². The molecule has 2 aromatic carbocycles. The van der Waals surface area contributed by atoms with Gasteiger partial charge in [-0.05, 0) is 23.3 Å². The maximum absolute atomic E-state index is 12.0. The molecule has 1 heterocycles. The van der Waals surface area contributed by atoms with E-state index in [9.17, 15) is 9.59 Å². The first-order chi connectivity index (χ1) is 10.1. The van der Waals surface area contributed by atoms with E-state index in [0.717, 1.165) is 22.2 Å². The number of carboxylic acids is 1. The summed E-state index contributed by atoms with van der Waals surface area (Å²) in [4.78, 5) is 25.5. The topological polar surface area (TPSA) is 75.1 Å². The van der Waals surface area contributed by atoms with Crippen LogP contribution >= 0.6 is 0 Å². The minimum absolute atomic E-state index is 0.00726. The summed E-state index contributed by atoms with van der Waals surface area (Å²) in [5.74, 6) is -0.851. The molecule has 1 aromatic heterocycles. The highest BCUT2D eigenvalue weighted by Crippen LogP contribution is 2.12. The molecule has 0 saturated carbocycles. The maximum atomic E-state index is 12.0. The number of benzene rings is 2. The van der Waals surface area contributed by atoms with Crippen LogP contribution in [-0.2, 0) is 17.8 Å². The fourth-order valence-electron chi connectivity index (χ4n) is 2.38. The smallest absolute Gasteiger partial charge is 0.326 e. The number of hydrogen-bond acceptors (Lipinski definition) is 2. The first kappa shape index (κ1) is 13.2. The molecule has 0 bridgehead atoms. The van der Waals surface area contributed by atoms with Gasteiger partial charge in [0.15, 0.2) is 0 Å². The SMILES string of the molecule is O=C(O)Cc1ccc(Cn2c(=O)[nH]c3ccccc32)cc1. The molecular weight excluding hydrogens is 268 g/mol. The zero-order valence-corrected chi connectivity index (χ0v) is 11.2. The van der Waals surface area contributed by atoms with Crippen molar-refractivity contribution in [3.63, 3.8) is 0 Å². The fraction of sp³-hybridized carbons (Fsp3) is 0.125. The van der Waals surface area contributed by atoms with Crippen molar-refractivity contribution in [2.75, 3.05) is 0 Å². The Balaban J connectivity index is 1.90.